The van der Waals surface area contributed by atoms with Crippen LogP contribution in [0.3, 0.4) is 0 Å². The van der Waals surface area contributed by atoms with Crippen LogP contribution in [0.2, 0.25) is 5.02 Å². The fourth-order valence-corrected chi connectivity index (χ4v) is 2.81. The van der Waals surface area contributed by atoms with E-state index in [2.05, 4.69) is 38.5 Å². The van der Waals surface area contributed by atoms with E-state index in [0.29, 0.717) is 11.6 Å². The summed E-state index contributed by atoms with van der Waals surface area (Å²) in [6.45, 7) is 6.23. The van der Waals surface area contributed by atoms with Gasteiger partial charge >= 0.3 is 0 Å². The van der Waals surface area contributed by atoms with Crippen molar-refractivity contribution < 1.29 is 4.74 Å². The van der Waals surface area contributed by atoms with Gasteiger partial charge in [0.25, 0.3) is 0 Å². The molecule has 1 aromatic carbocycles. The third-order valence-corrected chi connectivity index (χ3v) is 4.44. The van der Waals surface area contributed by atoms with Crippen molar-refractivity contribution >= 4 is 27.5 Å². The summed E-state index contributed by atoms with van der Waals surface area (Å²) < 4.78 is 7.87. The highest BCUT2D eigenvalue weighted by atomic mass is 79.9. The molecule has 114 valence electrons. The zero-order valence-electron chi connectivity index (χ0n) is 12.4. The van der Waals surface area contributed by atoms with Gasteiger partial charge in [0.05, 0.1) is 28.7 Å². The summed E-state index contributed by atoms with van der Waals surface area (Å²) in [7, 11) is 1.70. The van der Waals surface area contributed by atoms with Gasteiger partial charge in [0.1, 0.15) is 0 Å². The van der Waals surface area contributed by atoms with Gasteiger partial charge in [0.2, 0.25) is 0 Å². The molecule has 1 N–H and O–H groups in total. The van der Waals surface area contributed by atoms with Crippen molar-refractivity contribution in [3.05, 3.63) is 44.6 Å². The summed E-state index contributed by atoms with van der Waals surface area (Å²) in [5.74, 6) is 0. The molecule has 1 aromatic heterocycles. The second-order valence-electron chi connectivity index (χ2n) is 4.85. The zero-order chi connectivity index (χ0) is 15.4. The van der Waals surface area contributed by atoms with Crippen LogP contribution in [0.1, 0.15) is 17.0 Å². The van der Waals surface area contributed by atoms with Crippen LogP contribution in [0.25, 0.3) is 5.69 Å². The Morgan fingerprint density at radius 3 is 2.71 bits per heavy atom. The summed E-state index contributed by atoms with van der Waals surface area (Å²) in [5, 5.41) is 8.52. The number of rotatable bonds is 6. The Bertz CT molecular complexity index is 628. The fraction of sp³-hybridized carbons (Fsp3) is 0.400. The van der Waals surface area contributed by atoms with Gasteiger partial charge in [-0.15, -0.1) is 0 Å². The average Bonchev–Trinajstić information content (AvgIpc) is 2.71. The summed E-state index contributed by atoms with van der Waals surface area (Å²) >= 11 is 9.83. The van der Waals surface area contributed by atoms with Gasteiger partial charge in [-0.3, -0.25) is 0 Å². The first-order valence-electron chi connectivity index (χ1n) is 6.74. The molecule has 0 saturated heterocycles. The average molecular weight is 373 g/mol. The first kappa shape index (κ1) is 16.5. The van der Waals surface area contributed by atoms with Crippen LogP contribution < -0.4 is 5.32 Å². The van der Waals surface area contributed by atoms with Crippen LogP contribution in [-0.2, 0) is 11.3 Å². The van der Waals surface area contributed by atoms with Crippen molar-refractivity contribution in [1.29, 1.82) is 0 Å². The maximum atomic E-state index is 6.21. The number of nitrogens with one attached hydrogen (secondary N) is 1. The van der Waals surface area contributed by atoms with Crippen LogP contribution in [0, 0.1) is 13.8 Å². The van der Waals surface area contributed by atoms with Gasteiger partial charge in [0, 0.05) is 24.7 Å². The molecule has 0 saturated carbocycles. The predicted molar refractivity (Wildman–Crippen MR) is 89.3 cm³/mol. The molecule has 0 atom stereocenters. The number of methoxy groups -OCH3 is 1. The number of benzene rings is 1. The first-order valence-corrected chi connectivity index (χ1v) is 7.92. The van der Waals surface area contributed by atoms with Gasteiger partial charge < -0.3 is 10.1 Å². The minimum absolute atomic E-state index is 0.712. The Labute approximate surface area is 138 Å². The van der Waals surface area contributed by atoms with Crippen LogP contribution in [0.4, 0.5) is 0 Å². The molecule has 21 heavy (non-hydrogen) atoms. The van der Waals surface area contributed by atoms with Gasteiger partial charge in [-0.2, -0.15) is 5.10 Å². The van der Waals surface area contributed by atoms with Crippen molar-refractivity contribution in [2.75, 3.05) is 20.3 Å². The summed E-state index contributed by atoms with van der Waals surface area (Å²) in [5.41, 5.74) is 3.98. The van der Waals surface area contributed by atoms with Crippen molar-refractivity contribution in [1.82, 2.24) is 15.1 Å². The molecule has 6 heteroatoms. The highest BCUT2D eigenvalue weighted by Gasteiger charge is 2.13. The topological polar surface area (TPSA) is 39.1 Å². The second kappa shape index (κ2) is 7.40. The van der Waals surface area contributed by atoms with Gasteiger partial charge in [0.15, 0.2) is 0 Å². The Morgan fingerprint density at radius 1 is 1.38 bits per heavy atom. The lowest BCUT2D eigenvalue weighted by Gasteiger charge is -2.10. The summed E-state index contributed by atoms with van der Waals surface area (Å²) in [6.07, 6.45) is 0. The molecular formula is C15H19BrClN3O. The smallest absolute Gasteiger partial charge is 0.0848 e. The standard InChI is InChI=1S/C15H19BrClN3O/c1-10-15(17)11(2)20(19-10)14-5-4-12(8-13(14)16)9-18-6-7-21-3/h4-5,8,18H,6-7,9H2,1-3H3. The van der Waals surface area contributed by atoms with E-state index < -0.39 is 0 Å². The van der Waals surface area contributed by atoms with E-state index in [1.54, 1.807) is 7.11 Å². The molecule has 0 amide bonds. The molecule has 4 nitrogen and oxygen atoms in total. The lowest BCUT2D eigenvalue weighted by Crippen LogP contribution is -2.18. The molecule has 0 unspecified atom stereocenters. The van der Waals surface area contributed by atoms with Crippen LogP contribution in [-0.4, -0.2) is 30.0 Å². The largest absolute Gasteiger partial charge is 0.383 e. The Balaban J connectivity index is 2.17. The van der Waals surface area contributed by atoms with Gasteiger partial charge in [-0.05, 0) is 47.5 Å². The Hall–Kier alpha value is -0.880. The Morgan fingerprint density at radius 2 is 2.14 bits per heavy atom. The van der Waals surface area contributed by atoms with E-state index in [1.165, 1.54) is 5.56 Å². The van der Waals surface area contributed by atoms with E-state index in [0.717, 1.165) is 34.6 Å². The molecule has 0 aliphatic rings. The number of hydrogen-bond acceptors (Lipinski definition) is 3. The molecule has 0 spiro atoms. The minimum Gasteiger partial charge on any atom is -0.383 e. The lowest BCUT2D eigenvalue weighted by atomic mass is 10.2. The zero-order valence-corrected chi connectivity index (χ0v) is 14.8. The lowest BCUT2D eigenvalue weighted by molar-refractivity contribution is 0.199. The molecule has 2 rings (SSSR count). The second-order valence-corrected chi connectivity index (χ2v) is 6.08. The molecule has 0 bridgehead atoms. The molecule has 0 fully saturated rings. The number of ether oxygens (including phenoxy) is 1. The monoisotopic (exact) mass is 371 g/mol. The minimum atomic E-state index is 0.712. The third kappa shape index (κ3) is 3.86. The fourth-order valence-electron chi connectivity index (χ4n) is 2.10. The van der Waals surface area contributed by atoms with E-state index in [-0.39, 0.29) is 0 Å². The van der Waals surface area contributed by atoms with Crippen molar-refractivity contribution in [3.63, 3.8) is 0 Å². The number of aromatic nitrogens is 2. The van der Waals surface area contributed by atoms with Crippen LogP contribution in [0.5, 0.6) is 0 Å². The number of halogens is 2. The van der Waals surface area contributed by atoms with E-state index in [4.69, 9.17) is 16.3 Å². The van der Waals surface area contributed by atoms with E-state index in [9.17, 15) is 0 Å². The number of aryl methyl sites for hydroxylation is 1. The molecule has 0 radical (unpaired) electrons. The highest BCUT2D eigenvalue weighted by molar-refractivity contribution is 9.10. The van der Waals surface area contributed by atoms with Crippen molar-refractivity contribution in [3.8, 4) is 5.69 Å². The highest BCUT2D eigenvalue weighted by Crippen LogP contribution is 2.27. The number of nitrogens with zero attached hydrogens (tertiary/aromatic N) is 2. The van der Waals surface area contributed by atoms with Crippen LogP contribution >= 0.6 is 27.5 Å². The summed E-state index contributed by atoms with van der Waals surface area (Å²) in [4.78, 5) is 0. The quantitative estimate of drug-likeness (QED) is 0.787. The molecule has 0 aliphatic carbocycles. The molecule has 1 heterocycles. The van der Waals surface area contributed by atoms with E-state index >= 15 is 0 Å². The number of hydrogen-bond donors (Lipinski definition) is 1. The Kier molecular flexibility index (Phi) is 5.81. The SMILES string of the molecule is COCCNCc1ccc(-n2nc(C)c(Cl)c2C)c(Br)c1. The normalized spacial score (nSPS) is 11.1. The van der Waals surface area contributed by atoms with Crippen LogP contribution in [0.15, 0.2) is 22.7 Å². The van der Waals surface area contributed by atoms with E-state index in [1.807, 2.05) is 24.6 Å². The molecule has 2 aromatic rings. The van der Waals surface area contributed by atoms with Crippen molar-refractivity contribution in [2.24, 2.45) is 0 Å². The van der Waals surface area contributed by atoms with Gasteiger partial charge in [-0.25, -0.2) is 4.68 Å². The maximum Gasteiger partial charge on any atom is 0.0848 e. The summed E-state index contributed by atoms with van der Waals surface area (Å²) in [6, 6.07) is 6.23. The first-order chi connectivity index (χ1) is 10.0. The predicted octanol–water partition coefficient (Wildman–Crippen LogP) is 3.64. The third-order valence-electron chi connectivity index (χ3n) is 3.26. The van der Waals surface area contributed by atoms with Crippen molar-refractivity contribution in [2.45, 2.75) is 20.4 Å². The maximum absolute atomic E-state index is 6.21. The molecule has 0 aliphatic heterocycles. The van der Waals surface area contributed by atoms with Gasteiger partial charge in [-0.1, -0.05) is 17.7 Å². The molecular weight excluding hydrogens is 354 g/mol.